The molecule has 4 aromatic rings. The zero-order valence-corrected chi connectivity index (χ0v) is 24.9. The Balaban J connectivity index is 1.27. The lowest BCUT2D eigenvalue weighted by molar-refractivity contribution is 0.0610. The van der Waals surface area contributed by atoms with E-state index in [4.69, 9.17) is 19.9 Å². The number of fused-ring (bicyclic) bond motifs is 1. The number of carbonyl (C=O) groups excluding carboxylic acids is 2. The topological polar surface area (TPSA) is 121 Å². The van der Waals surface area contributed by atoms with Crippen LogP contribution in [0.5, 0.6) is 11.5 Å². The second kappa shape index (κ2) is 13.8. The molecule has 1 aliphatic heterocycles. The number of nitrogens with one attached hydrogen (secondary N) is 1. The number of nitrogens with two attached hydrogens (primary N) is 1. The number of methoxy groups -OCH3 is 1. The molecule has 0 radical (unpaired) electrons. The van der Waals surface area contributed by atoms with E-state index in [0.717, 1.165) is 36.9 Å². The van der Waals surface area contributed by atoms with Crippen LogP contribution in [0.4, 0.5) is 10.6 Å². The number of carbonyl (C=O) groups is 2. The number of ether oxygens (including phenoxy) is 3. The highest BCUT2D eigenvalue weighted by Gasteiger charge is 2.22. The first kappa shape index (κ1) is 30.2. The van der Waals surface area contributed by atoms with Crippen LogP contribution < -0.4 is 15.8 Å². The van der Waals surface area contributed by atoms with Gasteiger partial charge in [0.25, 0.3) is 5.91 Å². The number of rotatable bonds is 11. The predicted octanol–water partition coefficient (Wildman–Crippen LogP) is 5.76. The Morgan fingerprint density at radius 1 is 1.05 bits per heavy atom. The van der Waals surface area contributed by atoms with Crippen LogP contribution in [0.15, 0.2) is 67.0 Å². The molecular weight excluding hydrogens is 546 g/mol. The van der Waals surface area contributed by atoms with Crippen molar-refractivity contribution in [2.24, 2.45) is 5.73 Å². The molecule has 0 unspecified atom stereocenters. The summed E-state index contributed by atoms with van der Waals surface area (Å²) in [5.41, 5.74) is 8.75. The lowest BCUT2D eigenvalue weighted by atomic mass is 9.88. The molecule has 0 bridgehead atoms. The zero-order chi connectivity index (χ0) is 30.3. The number of likely N-dealkylation sites (tertiary alicyclic amines) is 1. The number of anilines is 1. The summed E-state index contributed by atoms with van der Waals surface area (Å²) >= 11 is 0. The van der Waals surface area contributed by atoms with Gasteiger partial charge in [-0.2, -0.15) is 0 Å². The number of amides is 2. The smallest absolute Gasteiger partial charge is 0.323 e. The number of primary amides is 1. The number of benzene rings is 2. The molecule has 10 heteroatoms. The minimum atomic E-state index is -0.578. The summed E-state index contributed by atoms with van der Waals surface area (Å²) in [5, 5.41) is 3.66. The zero-order valence-electron chi connectivity index (χ0n) is 24.9. The summed E-state index contributed by atoms with van der Waals surface area (Å²) in [5.74, 6) is 1.68. The Morgan fingerprint density at radius 2 is 1.81 bits per heavy atom. The Kier molecular flexibility index (Phi) is 9.71. The van der Waals surface area contributed by atoms with Crippen molar-refractivity contribution in [2.45, 2.75) is 45.3 Å². The van der Waals surface area contributed by atoms with Crippen LogP contribution in [-0.4, -0.2) is 65.8 Å². The van der Waals surface area contributed by atoms with Crippen molar-refractivity contribution >= 4 is 28.7 Å². The highest BCUT2D eigenvalue weighted by Crippen LogP contribution is 2.32. The molecule has 1 saturated heterocycles. The largest absolute Gasteiger partial charge is 0.457 e. The van der Waals surface area contributed by atoms with Gasteiger partial charge in [-0.1, -0.05) is 12.1 Å². The monoisotopic (exact) mass is 585 g/mol. The first-order chi connectivity index (χ1) is 20.8. The Labute approximate surface area is 251 Å². The molecular formula is C33H39N5O5. The second-order valence-electron chi connectivity index (χ2n) is 11.0. The molecule has 5 rings (SSSR count). The maximum absolute atomic E-state index is 13.1. The minimum Gasteiger partial charge on any atom is -0.457 e. The van der Waals surface area contributed by atoms with Gasteiger partial charge in [-0.15, -0.1) is 0 Å². The minimum absolute atomic E-state index is 0.236. The van der Waals surface area contributed by atoms with Crippen molar-refractivity contribution in [3.63, 3.8) is 0 Å². The number of pyridine rings is 1. The summed E-state index contributed by atoms with van der Waals surface area (Å²) in [6, 6.07) is 16.7. The first-order valence-corrected chi connectivity index (χ1v) is 14.6. The van der Waals surface area contributed by atoms with E-state index in [-0.39, 0.29) is 12.5 Å². The number of aromatic nitrogens is 2. The van der Waals surface area contributed by atoms with Gasteiger partial charge in [-0.3, -0.25) is 9.36 Å². The van der Waals surface area contributed by atoms with Gasteiger partial charge in [0.1, 0.15) is 17.3 Å². The Hall–Kier alpha value is -4.25. The summed E-state index contributed by atoms with van der Waals surface area (Å²) < 4.78 is 18.4. The third-order valence-corrected chi connectivity index (χ3v) is 7.90. The molecule has 0 aliphatic carbocycles. The second-order valence-corrected chi connectivity index (χ2v) is 11.0. The molecule has 1 aliphatic rings. The summed E-state index contributed by atoms with van der Waals surface area (Å²) in [6.45, 7) is 7.77. The van der Waals surface area contributed by atoms with Crippen molar-refractivity contribution in [1.82, 2.24) is 14.5 Å². The van der Waals surface area contributed by atoms with E-state index in [0.29, 0.717) is 53.6 Å². The molecule has 1 fully saturated rings. The van der Waals surface area contributed by atoms with Gasteiger partial charge in [-0.05, 0) is 87.7 Å². The van der Waals surface area contributed by atoms with Crippen LogP contribution in [0.3, 0.4) is 0 Å². The Bertz CT molecular complexity index is 1560. The summed E-state index contributed by atoms with van der Waals surface area (Å²) in [7, 11) is 1.61. The average molecular weight is 586 g/mol. The van der Waals surface area contributed by atoms with E-state index in [1.54, 1.807) is 37.7 Å². The van der Waals surface area contributed by atoms with Crippen LogP contribution in [0.25, 0.3) is 10.9 Å². The van der Waals surface area contributed by atoms with Crippen LogP contribution >= 0.6 is 0 Å². The average Bonchev–Trinajstić information content (AvgIpc) is 3.42. The van der Waals surface area contributed by atoms with Crippen molar-refractivity contribution in [1.29, 1.82) is 0 Å². The number of nitrogens with zero attached hydrogens (tertiary/aromatic N) is 3. The van der Waals surface area contributed by atoms with Crippen LogP contribution in [0.1, 0.15) is 54.1 Å². The fraction of sp³-hybridized carbons (Fsp3) is 0.364. The van der Waals surface area contributed by atoms with Crippen molar-refractivity contribution in [2.75, 3.05) is 38.7 Å². The number of hydrogen-bond acceptors (Lipinski definition) is 7. The number of hydrogen-bond donors (Lipinski definition) is 2. The maximum atomic E-state index is 13.1. The van der Waals surface area contributed by atoms with Gasteiger partial charge < -0.3 is 30.2 Å². The lowest BCUT2D eigenvalue weighted by Gasteiger charge is -2.34. The molecule has 10 nitrogen and oxygen atoms in total. The summed E-state index contributed by atoms with van der Waals surface area (Å²) in [6.07, 6.45) is 5.46. The van der Waals surface area contributed by atoms with Crippen molar-refractivity contribution < 1.29 is 23.8 Å². The molecule has 0 spiro atoms. The molecule has 2 aromatic heterocycles. The fourth-order valence-electron chi connectivity index (χ4n) is 5.44. The number of piperidine rings is 1. The molecule has 2 amide bonds. The van der Waals surface area contributed by atoms with E-state index in [9.17, 15) is 9.59 Å². The fourth-order valence-corrected chi connectivity index (χ4v) is 5.44. The van der Waals surface area contributed by atoms with Gasteiger partial charge in [-0.25, -0.2) is 9.78 Å². The van der Waals surface area contributed by atoms with E-state index < -0.39 is 6.03 Å². The first-order valence-electron chi connectivity index (χ1n) is 14.6. The van der Waals surface area contributed by atoms with Gasteiger partial charge in [0.05, 0.1) is 25.3 Å². The third-order valence-electron chi connectivity index (χ3n) is 7.90. The summed E-state index contributed by atoms with van der Waals surface area (Å²) in [4.78, 5) is 31.8. The van der Waals surface area contributed by atoms with Crippen LogP contribution in [-0.2, 0) is 16.1 Å². The molecule has 43 heavy (non-hydrogen) atoms. The van der Waals surface area contributed by atoms with E-state index in [1.807, 2.05) is 24.3 Å². The van der Waals surface area contributed by atoms with E-state index >= 15 is 0 Å². The normalized spacial score (nSPS) is 14.3. The lowest BCUT2D eigenvalue weighted by Crippen LogP contribution is -2.37. The molecule has 226 valence electrons. The highest BCUT2D eigenvalue weighted by molar-refractivity contribution is 6.03. The van der Waals surface area contributed by atoms with Gasteiger partial charge >= 0.3 is 6.03 Å². The van der Waals surface area contributed by atoms with Crippen LogP contribution in [0, 0.1) is 0 Å². The van der Waals surface area contributed by atoms with E-state index in [1.165, 1.54) is 10.1 Å². The van der Waals surface area contributed by atoms with E-state index in [2.05, 4.69) is 41.2 Å². The third kappa shape index (κ3) is 7.40. The quantitative estimate of drug-likeness (QED) is 0.215. The predicted molar refractivity (Wildman–Crippen MR) is 166 cm³/mol. The van der Waals surface area contributed by atoms with Crippen molar-refractivity contribution in [3.05, 3.63) is 83.7 Å². The molecule has 2 aromatic carbocycles. The SMILES string of the molecule is COCCOCc1cc2c(ccn2C(N)=O)cc1Oc1ccnc(NC(=O)c2ccc(C3CCN(C(C)C)CC3)cc2)c1. The molecule has 3 N–H and O–H groups in total. The standard InChI is InChI=1S/C33H39N5O5/c1-22(2)37-13-9-24(10-14-37)23-4-6-25(7-5-23)32(39)36-31-20-28(8-12-35-31)43-30-19-26-11-15-38(33(34)40)29(26)18-27(30)21-42-17-16-41-3/h4-8,11-12,15,18-20,22,24H,9-10,13-14,16-17,21H2,1-3H3,(H2,34,40)(H,35,36,39). The van der Waals surface area contributed by atoms with Gasteiger partial charge in [0.15, 0.2) is 0 Å². The highest BCUT2D eigenvalue weighted by atomic mass is 16.5. The Morgan fingerprint density at radius 3 is 2.51 bits per heavy atom. The maximum Gasteiger partial charge on any atom is 0.323 e. The van der Waals surface area contributed by atoms with Gasteiger partial charge in [0.2, 0.25) is 0 Å². The molecule has 0 atom stereocenters. The van der Waals surface area contributed by atoms with Crippen LogP contribution in [0.2, 0.25) is 0 Å². The van der Waals surface area contributed by atoms with Crippen molar-refractivity contribution in [3.8, 4) is 11.5 Å². The molecule has 3 heterocycles. The van der Waals surface area contributed by atoms with Gasteiger partial charge in [0, 0.05) is 48.1 Å². The molecule has 0 saturated carbocycles.